The van der Waals surface area contributed by atoms with Gasteiger partial charge in [-0.05, 0) is 31.0 Å². The van der Waals surface area contributed by atoms with Crippen LogP contribution in [-0.4, -0.2) is 39.9 Å². The maximum absolute atomic E-state index is 12.4. The van der Waals surface area contributed by atoms with E-state index >= 15 is 0 Å². The maximum Gasteiger partial charge on any atom is 0.251 e. The van der Waals surface area contributed by atoms with Gasteiger partial charge < -0.3 is 24.3 Å². The lowest BCUT2D eigenvalue weighted by molar-refractivity contribution is 0.0943. The van der Waals surface area contributed by atoms with Gasteiger partial charge in [0.15, 0.2) is 11.5 Å². The molecule has 6 nitrogen and oxygen atoms in total. The van der Waals surface area contributed by atoms with E-state index in [9.17, 15) is 4.79 Å². The summed E-state index contributed by atoms with van der Waals surface area (Å²) < 4.78 is 22.0. The summed E-state index contributed by atoms with van der Waals surface area (Å²) in [4.78, 5) is 12.4. The number of hydrogen-bond acceptors (Lipinski definition) is 5. The molecule has 146 valence electrons. The van der Waals surface area contributed by atoms with Gasteiger partial charge in [-0.15, -0.1) is 0 Å². The Hall–Kier alpha value is -2.73. The number of hydrogen-bond donors (Lipinski definition) is 1. The molecule has 0 atom stereocenters. The van der Waals surface area contributed by atoms with E-state index in [0.29, 0.717) is 49.2 Å². The third-order valence-corrected chi connectivity index (χ3v) is 3.90. The molecule has 2 aromatic rings. The van der Waals surface area contributed by atoms with Crippen molar-refractivity contribution in [1.29, 1.82) is 0 Å². The summed E-state index contributed by atoms with van der Waals surface area (Å²) in [6.45, 7) is 4.15. The minimum Gasteiger partial charge on any atom is -0.493 e. The fourth-order valence-electron chi connectivity index (χ4n) is 2.51. The molecule has 0 aliphatic rings. The van der Waals surface area contributed by atoms with E-state index in [1.54, 1.807) is 12.1 Å². The minimum absolute atomic E-state index is 0.197. The molecule has 0 radical (unpaired) electrons. The Balaban J connectivity index is 2.09. The van der Waals surface area contributed by atoms with Crippen LogP contribution in [-0.2, 0) is 11.3 Å². The minimum atomic E-state index is -0.197. The molecule has 0 fully saturated rings. The Morgan fingerprint density at radius 1 is 1.04 bits per heavy atom. The fourth-order valence-corrected chi connectivity index (χ4v) is 2.51. The standard InChI is InChI=1S/C21H27NO5/c1-4-26-12-8-11-22-21(23)17-13-18(24-2)20(19(14-17)25-3)27-15-16-9-6-5-7-10-16/h5-7,9-10,13-14H,4,8,11-12,15H2,1-3H3,(H,22,23). The van der Waals surface area contributed by atoms with Gasteiger partial charge in [0.1, 0.15) is 6.61 Å². The third kappa shape index (κ3) is 6.18. The molecular weight excluding hydrogens is 346 g/mol. The zero-order valence-electron chi connectivity index (χ0n) is 16.1. The van der Waals surface area contributed by atoms with Crippen molar-refractivity contribution in [3.63, 3.8) is 0 Å². The van der Waals surface area contributed by atoms with Crippen LogP contribution in [0.25, 0.3) is 0 Å². The summed E-state index contributed by atoms with van der Waals surface area (Å²) in [7, 11) is 3.07. The van der Waals surface area contributed by atoms with Crippen LogP contribution in [0.15, 0.2) is 42.5 Å². The van der Waals surface area contributed by atoms with Gasteiger partial charge in [0.25, 0.3) is 5.91 Å². The molecule has 27 heavy (non-hydrogen) atoms. The molecule has 0 bridgehead atoms. The van der Waals surface area contributed by atoms with Gasteiger partial charge in [0.05, 0.1) is 14.2 Å². The first kappa shape index (κ1) is 20.6. The predicted molar refractivity (Wildman–Crippen MR) is 104 cm³/mol. The molecule has 0 unspecified atom stereocenters. The smallest absolute Gasteiger partial charge is 0.251 e. The largest absolute Gasteiger partial charge is 0.493 e. The molecule has 0 aromatic heterocycles. The predicted octanol–water partition coefficient (Wildman–Crippen LogP) is 3.44. The van der Waals surface area contributed by atoms with Crippen molar-refractivity contribution in [2.45, 2.75) is 20.0 Å². The molecule has 0 saturated heterocycles. The molecule has 0 aliphatic carbocycles. The summed E-state index contributed by atoms with van der Waals surface area (Å²) >= 11 is 0. The van der Waals surface area contributed by atoms with Crippen molar-refractivity contribution in [2.75, 3.05) is 34.0 Å². The fraction of sp³-hybridized carbons (Fsp3) is 0.381. The zero-order valence-corrected chi connectivity index (χ0v) is 16.1. The van der Waals surface area contributed by atoms with E-state index in [1.165, 1.54) is 14.2 Å². The van der Waals surface area contributed by atoms with Crippen LogP contribution in [0, 0.1) is 0 Å². The second kappa shape index (κ2) is 11.1. The van der Waals surface area contributed by atoms with E-state index in [-0.39, 0.29) is 5.91 Å². The van der Waals surface area contributed by atoms with Crippen LogP contribution in [0.1, 0.15) is 29.3 Å². The average Bonchev–Trinajstić information content (AvgIpc) is 2.72. The van der Waals surface area contributed by atoms with E-state index < -0.39 is 0 Å². The molecule has 0 saturated carbocycles. The lowest BCUT2D eigenvalue weighted by atomic mass is 10.1. The molecule has 0 spiro atoms. The van der Waals surface area contributed by atoms with Gasteiger partial charge in [-0.2, -0.15) is 0 Å². The Labute approximate surface area is 160 Å². The highest BCUT2D eigenvalue weighted by Crippen LogP contribution is 2.39. The monoisotopic (exact) mass is 373 g/mol. The number of rotatable bonds is 11. The molecule has 6 heteroatoms. The lowest BCUT2D eigenvalue weighted by Crippen LogP contribution is -2.25. The number of carbonyl (C=O) groups excluding carboxylic acids is 1. The second-order valence-corrected chi connectivity index (χ2v) is 5.79. The molecule has 0 aliphatic heterocycles. The second-order valence-electron chi connectivity index (χ2n) is 5.79. The van der Waals surface area contributed by atoms with Crippen LogP contribution in [0.5, 0.6) is 17.2 Å². The number of carbonyl (C=O) groups is 1. The van der Waals surface area contributed by atoms with Gasteiger partial charge in [0, 0.05) is 25.3 Å². The van der Waals surface area contributed by atoms with E-state index in [1.807, 2.05) is 37.3 Å². The highest BCUT2D eigenvalue weighted by atomic mass is 16.5. The Morgan fingerprint density at radius 2 is 1.70 bits per heavy atom. The Bertz CT molecular complexity index is 693. The lowest BCUT2D eigenvalue weighted by Gasteiger charge is -2.16. The van der Waals surface area contributed by atoms with Crippen molar-refractivity contribution in [2.24, 2.45) is 0 Å². The van der Waals surface area contributed by atoms with Crippen LogP contribution >= 0.6 is 0 Å². The van der Waals surface area contributed by atoms with Crippen LogP contribution < -0.4 is 19.5 Å². The summed E-state index contributed by atoms with van der Waals surface area (Å²) in [5.41, 5.74) is 1.48. The molecule has 0 heterocycles. The van der Waals surface area contributed by atoms with Gasteiger partial charge >= 0.3 is 0 Å². The molecule has 1 amide bonds. The highest BCUT2D eigenvalue weighted by Gasteiger charge is 2.17. The molecule has 2 rings (SSSR count). The van der Waals surface area contributed by atoms with Crippen molar-refractivity contribution < 1.29 is 23.7 Å². The quantitative estimate of drug-likeness (QED) is 0.611. The van der Waals surface area contributed by atoms with E-state index in [0.717, 1.165) is 12.0 Å². The van der Waals surface area contributed by atoms with E-state index in [2.05, 4.69) is 5.32 Å². The topological polar surface area (TPSA) is 66.0 Å². The van der Waals surface area contributed by atoms with Gasteiger partial charge in [-0.25, -0.2) is 0 Å². The summed E-state index contributed by atoms with van der Waals surface area (Å²) in [5, 5.41) is 2.87. The van der Waals surface area contributed by atoms with Crippen molar-refractivity contribution in [1.82, 2.24) is 5.32 Å². The zero-order chi connectivity index (χ0) is 19.5. The van der Waals surface area contributed by atoms with Crippen molar-refractivity contribution in [3.8, 4) is 17.2 Å². The average molecular weight is 373 g/mol. The molecular formula is C21H27NO5. The Morgan fingerprint density at radius 3 is 2.30 bits per heavy atom. The highest BCUT2D eigenvalue weighted by molar-refractivity contribution is 5.95. The van der Waals surface area contributed by atoms with Gasteiger partial charge in [-0.3, -0.25) is 4.79 Å². The SMILES string of the molecule is CCOCCCNC(=O)c1cc(OC)c(OCc2ccccc2)c(OC)c1. The molecule has 1 N–H and O–H groups in total. The first-order valence-corrected chi connectivity index (χ1v) is 8.98. The Kier molecular flexibility index (Phi) is 8.45. The van der Waals surface area contributed by atoms with Crippen molar-refractivity contribution in [3.05, 3.63) is 53.6 Å². The van der Waals surface area contributed by atoms with Crippen LogP contribution in [0.2, 0.25) is 0 Å². The van der Waals surface area contributed by atoms with Crippen LogP contribution in [0.4, 0.5) is 0 Å². The first-order chi connectivity index (χ1) is 13.2. The summed E-state index contributed by atoms with van der Waals surface area (Å²) in [6.07, 6.45) is 0.756. The van der Waals surface area contributed by atoms with Crippen molar-refractivity contribution >= 4 is 5.91 Å². The maximum atomic E-state index is 12.4. The number of methoxy groups -OCH3 is 2. The normalized spacial score (nSPS) is 10.3. The number of ether oxygens (including phenoxy) is 4. The third-order valence-electron chi connectivity index (χ3n) is 3.90. The summed E-state index contributed by atoms with van der Waals surface area (Å²) in [5.74, 6) is 1.17. The van der Waals surface area contributed by atoms with Crippen LogP contribution in [0.3, 0.4) is 0 Å². The first-order valence-electron chi connectivity index (χ1n) is 8.98. The van der Waals surface area contributed by atoms with Gasteiger partial charge in [-0.1, -0.05) is 30.3 Å². The number of nitrogens with one attached hydrogen (secondary N) is 1. The molecule has 2 aromatic carbocycles. The van der Waals surface area contributed by atoms with Gasteiger partial charge in [0.2, 0.25) is 5.75 Å². The summed E-state index contributed by atoms with van der Waals surface area (Å²) in [6, 6.07) is 13.1. The number of benzene rings is 2. The number of amides is 1. The van der Waals surface area contributed by atoms with E-state index in [4.69, 9.17) is 18.9 Å².